The molecular formula is C23H19N9O5. The summed E-state index contributed by atoms with van der Waals surface area (Å²) in [5.41, 5.74) is 4.46. The van der Waals surface area contributed by atoms with Gasteiger partial charge in [0.2, 0.25) is 17.8 Å². The van der Waals surface area contributed by atoms with Gasteiger partial charge in [-0.3, -0.25) is 20.2 Å². The fraction of sp³-hybridized carbons (Fsp3) is 0.0435. The summed E-state index contributed by atoms with van der Waals surface area (Å²) in [6.45, 7) is 0. The van der Waals surface area contributed by atoms with E-state index in [0.29, 0.717) is 22.7 Å². The largest absolute Gasteiger partial charge is 0.497 e. The molecule has 0 saturated carbocycles. The van der Waals surface area contributed by atoms with Gasteiger partial charge in [0.1, 0.15) is 5.75 Å². The molecular weight excluding hydrogens is 482 g/mol. The molecule has 0 aliphatic carbocycles. The summed E-state index contributed by atoms with van der Waals surface area (Å²) in [4.78, 5) is 33.7. The van der Waals surface area contributed by atoms with Crippen molar-refractivity contribution in [2.24, 2.45) is 5.10 Å². The highest BCUT2D eigenvalue weighted by atomic mass is 16.6. The number of nitrogens with one attached hydrogen (secondary N) is 3. The van der Waals surface area contributed by atoms with Crippen molar-refractivity contribution in [1.29, 1.82) is 0 Å². The van der Waals surface area contributed by atoms with Crippen LogP contribution in [0.3, 0.4) is 0 Å². The number of ether oxygens (including phenoxy) is 1. The quantitative estimate of drug-likeness (QED) is 0.156. The summed E-state index contributed by atoms with van der Waals surface area (Å²) in [6, 6.07) is 18.7. The molecule has 0 spiro atoms. The molecule has 14 heteroatoms. The first kappa shape index (κ1) is 24.5. The fourth-order valence-electron chi connectivity index (χ4n) is 2.98. The van der Waals surface area contributed by atoms with E-state index >= 15 is 0 Å². The van der Waals surface area contributed by atoms with Gasteiger partial charge in [0.25, 0.3) is 11.4 Å². The molecule has 14 nitrogen and oxygen atoms in total. The first-order chi connectivity index (χ1) is 17.9. The standard InChI is InChI=1S/C23H19N9O5/c1-37-20-12-6-17(7-13-20)26-22-27-21(25-16-4-10-19(11-5-16)32(35)36)28-23(29-22)30-24-14-15-2-8-18(9-3-15)31(33)34/h2-14H,1H3,(H3,25,26,27,28,29,30)/b24-14+. The minimum Gasteiger partial charge on any atom is -0.497 e. The molecule has 3 N–H and O–H groups in total. The van der Waals surface area contributed by atoms with Crippen LogP contribution >= 0.6 is 0 Å². The summed E-state index contributed by atoms with van der Waals surface area (Å²) in [6.07, 6.45) is 1.45. The Kier molecular flexibility index (Phi) is 7.39. The van der Waals surface area contributed by atoms with Gasteiger partial charge in [-0.1, -0.05) is 0 Å². The maximum absolute atomic E-state index is 10.9. The lowest BCUT2D eigenvalue weighted by Gasteiger charge is -2.10. The lowest BCUT2D eigenvalue weighted by molar-refractivity contribution is -0.385. The van der Waals surface area contributed by atoms with Crippen molar-refractivity contribution in [1.82, 2.24) is 15.0 Å². The summed E-state index contributed by atoms with van der Waals surface area (Å²) >= 11 is 0. The minimum absolute atomic E-state index is 0.0289. The molecule has 0 fully saturated rings. The van der Waals surface area contributed by atoms with Gasteiger partial charge >= 0.3 is 0 Å². The summed E-state index contributed by atoms with van der Waals surface area (Å²) in [5, 5.41) is 31.9. The van der Waals surface area contributed by atoms with E-state index < -0.39 is 9.85 Å². The van der Waals surface area contributed by atoms with Crippen LogP contribution in [0.4, 0.5) is 40.6 Å². The SMILES string of the molecule is COc1ccc(Nc2nc(N/N=C/c3ccc([N+](=O)[O-])cc3)nc(Nc3ccc([N+](=O)[O-])cc3)n2)cc1. The van der Waals surface area contributed by atoms with Gasteiger partial charge in [-0.2, -0.15) is 20.1 Å². The zero-order valence-corrected chi connectivity index (χ0v) is 19.2. The molecule has 0 aliphatic heterocycles. The Bertz CT molecular complexity index is 1430. The molecule has 0 amide bonds. The van der Waals surface area contributed by atoms with Crippen molar-refractivity contribution in [3.8, 4) is 5.75 Å². The van der Waals surface area contributed by atoms with Crippen LogP contribution in [0.25, 0.3) is 0 Å². The molecule has 1 heterocycles. The average Bonchev–Trinajstić information content (AvgIpc) is 2.89. The van der Waals surface area contributed by atoms with Gasteiger partial charge in [-0.15, -0.1) is 0 Å². The molecule has 0 atom stereocenters. The van der Waals surface area contributed by atoms with E-state index in [2.05, 4.69) is 36.1 Å². The Hall–Kier alpha value is -5.66. The third-order valence-electron chi connectivity index (χ3n) is 4.80. The van der Waals surface area contributed by atoms with Crippen molar-refractivity contribution in [2.75, 3.05) is 23.2 Å². The smallest absolute Gasteiger partial charge is 0.269 e. The number of nitro benzene ring substituents is 2. The van der Waals surface area contributed by atoms with Crippen molar-refractivity contribution in [2.45, 2.75) is 0 Å². The first-order valence-corrected chi connectivity index (χ1v) is 10.6. The van der Waals surface area contributed by atoms with Crippen LogP contribution in [-0.4, -0.2) is 38.1 Å². The second kappa shape index (κ2) is 11.2. The molecule has 0 aliphatic rings. The van der Waals surface area contributed by atoms with Gasteiger partial charge in [-0.05, 0) is 54.1 Å². The number of anilines is 5. The lowest BCUT2D eigenvalue weighted by atomic mass is 10.2. The van der Waals surface area contributed by atoms with Crippen molar-refractivity contribution in [3.63, 3.8) is 0 Å². The van der Waals surface area contributed by atoms with Gasteiger partial charge < -0.3 is 15.4 Å². The van der Waals surface area contributed by atoms with Crippen LogP contribution in [0, 0.1) is 20.2 Å². The van der Waals surface area contributed by atoms with Crippen molar-refractivity contribution in [3.05, 3.63) is 98.6 Å². The molecule has 0 bridgehead atoms. The Balaban J connectivity index is 1.56. The maximum Gasteiger partial charge on any atom is 0.269 e. The van der Waals surface area contributed by atoms with Crippen LogP contribution in [-0.2, 0) is 0 Å². The van der Waals surface area contributed by atoms with Gasteiger partial charge in [0, 0.05) is 35.6 Å². The lowest BCUT2D eigenvalue weighted by Crippen LogP contribution is -2.07. The van der Waals surface area contributed by atoms with Crippen LogP contribution in [0.15, 0.2) is 77.9 Å². The van der Waals surface area contributed by atoms with Crippen molar-refractivity contribution < 1.29 is 14.6 Å². The summed E-state index contributed by atoms with van der Waals surface area (Å²) < 4.78 is 5.17. The number of aromatic nitrogens is 3. The normalized spacial score (nSPS) is 10.6. The van der Waals surface area contributed by atoms with Crippen LogP contribution in [0.5, 0.6) is 5.75 Å². The highest BCUT2D eigenvalue weighted by molar-refractivity contribution is 5.80. The molecule has 4 rings (SSSR count). The van der Waals surface area contributed by atoms with Gasteiger partial charge in [0.15, 0.2) is 0 Å². The Morgan fingerprint density at radius 2 is 1.19 bits per heavy atom. The summed E-state index contributed by atoms with van der Waals surface area (Å²) in [5.74, 6) is 1.11. The number of hydrogen-bond donors (Lipinski definition) is 3. The van der Waals surface area contributed by atoms with E-state index in [4.69, 9.17) is 4.74 Å². The first-order valence-electron chi connectivity index (χ1n) is 10.6. The molecule has 1 aromatic heterocycles. The summed E-state index contributed by atoms with van der Waals surface area (Å²) in [7, 11) is 1.57. The fourth-order valence-corrected chi connectivity index (χ4v) is 2.98. The van der Waals surface area contributed by atoms with E-state index in [9.17, 15) is 20.2 Å². The molecule has 0 unspecified atom stereocenters. The number of hydrogen-bond acceptors (Lipinski definition) is 12. The highest BCUT2D eigenvalue weighted by Crippen LogP contribution is 2.22. The van der Waals surface area contributed by atoms with E-state index in [1.165, 1.54) is 42.6 Å². The number of nitro groups is 2. The maximum atomic E-state index is 10.9. The second-order valence-corrected chi connectivity index (χ2v) is 7.31. The molecule has 0 saturated heterocycles. The highest BCUT2D eigenvalue weighted by Gasteiger charge is 2.10. The molecule has 3 aromatic carbocycles. The van der Waals surface area contributed by atoms with E-state index in [-0.39, 0.29) is 29.2 Å². The topological polar surface area (TPSA) is 183 Å². The number of methoxy groups -OCH3 is 1. The van der Waals surface area contributed by atoms with E-state index in [0.717, 1.165) is 0 Å². The third kappa shape index (κ3) is 6.69. The predicted octanol–water partition coefficient (Wildman–Crippen LogP) is 4.63. The predicted molar refractivity (Wildman–Crippen MR) is 137 cm³/mol. The average molecular weight is 501 g/mol. The molecule has 0 radical (unpaired) electrons. The zero-order valence-electron chi connectivity index (χ0n) is 19.2. The van der Waals surface area contributed by atoms with Gasteiger partial charge in [-0.25, -0.2) is 5.43 Å². The Morgan fingerprint density at radius 3 is 1.68 bits per heavy atom. The third-order valence-corrected chi connectivity index (χ3v) is 4.80. The monoisotopic (exact) mass is 501 g/mol. The minimum atomic E-state index is -0.492. The number of non-ortho nitro benzene ring substituents is 2. The van der Waals surface area contributed by atoms with Gasteiger partial charge in [0.05, 0.1) is 23.2 Å². The Morgan fingerprint density at radius 1 is 0.730 bits per heavy atom. The van der Waals surface area contributed by atoms with Crippen LogP contribution < -0.4 is 20.8 Å². The van der Waals surface area contributed by atoms with E-state index in [1.807, 2.05) is 0 Å². The number of nitrogens with zero attached hydrogens (tertiary/aromatic N) is 6. The van der Waals surface area contributed by atoms with Crippen molar-refractivity contribution >= 4 is 46.8 Å². The zero-order chi connectivity index (χ0) is 26.2. The second-order valence-electron chi connectivity index (χ2n) is 7.31. The number of hydrazone groups is 1. The Labute approximate surface area is 209 Å². The van der Waals surface area contributed by atoms with E-state index in [1.54, 1.807) is 43.5 Å². The number of benzene rings is 3. The van der Waals surface area contributed by atoms with Crippen LogP contribution in [0.2, 0.25) is 0 Å². The van der Waals surface area contributed by atoms with Crippen LogP contribution in [0.1, 0.15) is 5.56 Å². The molecule has 37 heavy (non-hydrogen) atoms. The molecule has 186 valence electrons. The number of rotatable bonds is 10. The molecule has 4 aromatic rings.